The first-order valence-electron chi connectivity index (χ1n) is 13.9. The number of thioether (sulfide) groups is 1. The van der Waals surface area contributed by atoms with Crippen LogP contribution in [0.1, 0.15) is 53.2 Å². The van der Waals surface area contributed by atoms with Gasteiger partial charge in [-0.05, 0) is 68.3 Å². The van der Waals surface area contributed by atoms with Gasteiger partial charge in [-0.15, -0.1) is 0 Å². The highest BCUT2D eigenvalue weighted by Crippen LogP contribution is 2.33. The number of rotatable bonds is 12. The third-order valence-electron chi connectivity index (χ3n) is 7.10. The summed E-state index contributed by atoms with van der Waals surface area (Å²) in [5.74, 6) is -0.831. The van der Waals surface area contributed by atoms with Gasteiger partial charge in [-0.25, -0.2) is 14.6 Å². The van der Waals surface area contributed by atoms with E-state index in [1.807, 2.05) is 24.5 Å². The molecule has 0 bridgehead atoms. The van der Waals surface area contributed by atoms with E-state index in [1.165, 1.54) is 43.7 Å². The molecule has 1 atom stereocenters. The van der Waals surface area contributed by atoms with Gasteiger partial charge in [0, 0.05) is 6.54 Å². The molecular weight excluding hydrogens is 526 g/mol. The molecule has 1 N–H and O–H groups in total. The van der Waals surface area contributed by atoms with Gasteiger partial charge in [0.15, 0.2) is 5.17 Å². The maximum absolute atomic E-state index is 13.6. The molecule has 40 heavy (non-hydrogen) atoms. The zero-order chi connectivity index (χ0) is 28.2. The van der Waals surface area contributed by atoms with Crippen LogP contribution >= 0.6 is 11.8 Å². The van der Waals surface area contributed by atoms with Gasteiger partial charge in [-0.1, -0.05) is 60.6 Å². The Hall–Kier alpha value is -3.14. The fraction of sp³-hybridized carbons (Fsp3) is 0.452. The van der Waals surface area contributed by atoms with Crippen LogP contribution in [0.15, 0.2) is 70.9 Å². The van der Waals surface area contributed by atoms with Gasteiger partial charge < -0.3 is 24.4 Å². The molecule has 2 aromatic carbocycles. The maximum atomic E-state index is 13.6. The molecule has 1 unspecified atom stereocenters. The monoisotopic (exact) mass is 565 g/mol. The van der Waals surface area contributed by atoms with E-state index in [1.54, 1.807) is 24.3 Å². The molecule has 0 aromatic heterocycles. The van der Waals surface area contributed by atoms with Crippen molar-refractivity contribution in [1.82, 2.24) is 10.2 Å². The van der Waals surface area contributed by atoms with Gasteiger partial charge in [0.05, 0.1) is 43.8 Å². The van der Waals surface area contributed by atoms with E-state index < -0.39 is 18.0 Å². The Kier molecular flexibility index (Phi) is 11.6. The third-order valence-corrected chi connectivity index (χ3v) is 7.69. The quantitative estimate of drug-likeness (QED) is 0.291. The summed E-state index contributed by atoms with van der Waals surface area (Å²) in [5, 5.41) is 4.00. The van der Waals surface area contributed by atoms with Gasteiger partial charge in [-0.3, -0.25) is 0 Å². The second-order valence-corrected chi connectivity index (χ2v) is 10.6. The largest absolute Gasteiger partial charge is 0.465 e. The Morgan fingerprint density at radius 2 is 1.75 bits per heavy atom. The molecule has 0 spiro atoms. The number of likely N-dealkylation sites (tertiary alicyclic amines) is 1. The average Bonchev–Trinajstić information content (AvgIpc) is 3.01. The topological polar surface area (TPSA) is 89.5 Å². The number of amidine groups is 1. The Morgan fingerprint density at radius 1 is 1.00 bits per heavy atom. The van der Waals surface area contributed by atoms with E-state index in [0.29, 0.717) is 35.2 Å². The lowest BCUT2D eigenvalue weighted by Crippen LogP contribution is -2.35. The predicted octanol–water partition coefficient (Wildman–Crippen LogP) is 4.77. The summed E-state index contributed by atoms with van der Waals surface area (Å²) < 4.78 is 16.7. The number of aliphatic imine (C=N–C) groups is 1. The molecule has 2 heterocycles. The number of carbonyl (C=O) groups is 2. The number of aryl methyl sites for hydroxylation is 1. The average molecular weight is 566 g/mol. The molecule has 8 nitrogen and oxygen atoms in total. The first kappa shape index (κ1) is 29.8. The number of esters is 2. The van der Waals surface area contributed by atoms with Crippen LogP contribution in [0.25, 0.3) is 0 Å². The summed E-state index contributed by atoms with van der Waals surface area (Å²) in [7, 11) is 1.35. The molecule has 0 radical (unpaired) electrons. The van der Waals surface area contributed by atoms with Gasteiger partial charge >= 0.3 is 11.9 Å². The van der Waals surface area contributed by atoms with E-state index in [4.69, 9.17) is 19.2 Å². The van der Waals surface area contributed by atoms with Gasteiger partial charge in [0.2, 0.25) is 0 Å². The molecule has 1 fully saturated rings. The number of piperidine rings is 1. The number of methoxy groups -OCH3 is 1. The van der Waals surface area contributed by atoms with Crippen molar-refractivity contribution in [2.45, 2.75) is 38.1 Å². The minimum absolute atomic E-state index is 0.249. The maximum Gasteiger partial charge on any atom is 0.338 e. The van der Waals surface area contributed by atoms with Crippen LogP contribution in [-0.4, -0.2) is 74.8 Å². The van der Waals surface area contributed by atoms with Crippen LogP contribution in [0.3, 0.4) is 0 Å². The van der Waals surface area contributed by atoms with Crippen molar-refractivity contribution in [1.29, 1.82) is 0 Å². The first-order valence-corrected chi connectivity index (χ1v) is 15.1. The highest BCUT2D eigenvalue weighted by atomic mass is 32.2. The van der Waals surface area contributed by atoms with Crippen molar-refractivity contribution in [2.24, 2.45) is 4.99 Å². The fourth-order valence-corrected chi connectivity index (χ4v) is 5.34. The second kappa shape index (κ2) is 15.6. The molecule has 0 aliphatic carbocycles. The molecule has 214 valence electrons. The number of carbonyl (C=O) groups excluding carboxylic acids is 2. The van der Waals surface area contributed by atoms with Gasteiger partial charge in [0.1, 0.15) is 6.04 Å². The van der Waals surface area contributed by atoms with E-state index in [2.05, 4.69) is 22.3 Å². The molecule has 2 aliphatic heterocycles. The van der Waals surface area contributed by atoms with Crippen molar-refractivity contribution in [2.75, 3.05) is 52.8 Å². The summed E-state index contributed by atoms with van der Waals surface area (Å²) in [6.07, 6.45) is 7.24. The normalized spacial score (nSPS) is 17.6. The highest BCUT2D eigenvalue weighted by Gasteiger charge is 2.32. The third kappa shape index (κ3) is 8.43. The lowest BCUT2D eigenvalue weighted by atomic mass is 9.95. The smallest absolute Gasteiger partial charge is 0.338 e. The lowest BCUT2D eigenvalue weighted by Gasteiger charge is -2.28. The first-order chi connectivity index (χ1) is 19.6. The Balaban J connectivity index is 1.50. The fourth-order valence-electron chi connectivity index (χ4n) is 4.90. The van der Waals surface area contributed by atoms with Crippen LogP contribution in [0.4, 0.5) is 0 Å². The molecule has 9 heteroatoms. The van der Waals surface area contributed by atoms with Crippen molar-refractivity contribution in [3.8, 4) is 0 Å². The van der Waals surface area contributed by atoms with Crippen molar-refractivity contribution in [3.63, 3.8) is 0 Å². The molecular formula is C31H39N3O5S. The van der Waals surface area contributed by atoms with Crippen LogP contribution in [0, 0.1) is 0 Å². The number of ether oxygens (including phenoxy) is 3. The summed E-state index contributed by atoms with van der Waals surface area (Å²) >= 11 is 1.47. The number of nitrogens with one attached hydrogen (secondary N) is 1. The second-order valence-electron chi connectivity index (χ2n) is 9.85. The van der Waals surface area contributed by atoms with Crippen molar-refractivity contribution < 1.29 is 23.8 Å². The lowest BCUT2D eigenvalue weighted by molar-refractivity contribution is -0.139. The van der Waals surface area contributed by atoms with Crippen LogP contribution < -0.4 is 5.32 Å². The van der Waals surface area contributed by atoms with Crippen LogP contribution in [0.5, 0.6) is 0 Å². The SMILES string of the molecule is COC(=O)c1ccc(C2N=C(SC)NC(COCCN3CCCCC3)=C2C(=O)OCCCc2ccccc2)cc1. The minimum atomic E-state index is -0.585. The number of hydrogen-bond donors (Lipinski definition) is 1. The predicted molar refractivity (Wildman–Crippen MR) is 158 cm³/mol. The van der Waals surface area contributed by atoms with E-state index in [0.717, 1.165) is 38.0 Å². The summed E-state index contributed by atoms with van der Waals surface area (Å²) in [4.78, 5) is 32.8. The summed E-state index contributed by atoms with van der Waals surface area (Å²) in [6, 6.07) is 16.6. The summed E-state index contributed by atoms with van der Waals surface area (Å²) in [6.45, 7) is 4.21. The number of nitrogens with zero attached hydrogens (tertiary/aromatic N) is 2. The number of benzene rings is 2. The molecule has 0 saturated carbocycles. The van der Waals surface area contributed by atoms with Crippen LogP contribution in [0.2, 0.25) is 0 Å². The number of hydrogen-bond acceptors (Lipinski definition) is 9. The standard InChI is InChI=1S/C31H39N3O5S/c1-37-29(35)25-15-13-24(14-16-25)28-27(30(36)39-20-9-12-23-10-5-3-6-11-23)26(32-31(33-28)40-2)22-38-21-19-34-17-7-4-8-18-34/h3,5-6,10-11,13-16,28H,4,7-9,12,17-22H2,1-2H3,(H,32,33). The van der Waals surface area contributed by atoms with Crippen LogP contribution in [-0.2, 0) is 25.4 Å². The highest BCUT2D eigenvalue weighted by molar-refractivity contribution is 8.13. The van der Waals surface area contributed by atoms with E-state index in [-0.39, 0.29) is 6.61 Å². The molecule has 4 rings (SSSR count). The zero-order valence-electron chi connectivity index (χ0n) is 23.4. The zero-order valence-corrected chi connectivity index (χ0v) is 24.2. The van der Waals surface area contributed by atoms with E-state index in [9.17, 15) is 9.59 Å². The van der Waals surface area contributed by atoms with E-state index >= 15 is 0 Å². The molecule has 0 amide bonds. The molecule has 1 saturated heterocycles. The minimum Gasteiger partial charge on any atom is -0.465 e. The van der Waals surface area contributed by atoms with Crippen molar-refractivity contribution in [3.05, 3.63) is 82.6 Å². The van der Waals surface area contributed by atoms with Crippen molar-refractivity contribution >= 4 is 28.9 Å². The van der Waals surface area contributed by atoms with Gasteiger partial charge in [-0.2, -0.15) is 0 Å². The Morgan fingerprint density at radius 3 is 2.45 bits per heavy atom. The Bertz CT molecular complexity index is 1180. The van der Waals surface area contributed by atoms with Gasteiger partial charge in [0.25, 0.3) is 0 Å². The molecule has 2 aliphatic rings. The summed E-state index contributed by atoms with van der Waals surface area (Å²) in [5.41, 5.74) is 3.51. The Labute approximate surface area is 241 Å². The molecule has 2 aromatic rings.